The van der Waals surface area contributed by atoms with E-state index in [1.54, 1.807) is 12.1 Å². The Bertz CT molecular complexity index is 279. The first-order valence-electron chi connectivity index (χ1n) is 4.99. The Morgan fingerprint density at radius 1 is 1.57 bits per heavy atom. The number of hydrogen-bond acceptors (Lipinski definition) is 2. The van der Waals surface area contributed by atoms with Crippen LogP contribution in [0, 0.1) is 5.92 Å². The lowest BCUT2D eigenvalue weighted by Gasteiger charge is -2.18. The van der Waals surface area contributed by atoms with Crippen LogP contribution in [0.1, 0.15) is 37.7 Å². The van der Waals surface area contributed by atoms with Gasteiger partial charge in [-0.05, 0) is 25.0 Å². The molecule has 1 aromatic heterocycles. The lowest BCUT2D eigenvalue weighted by atomic mass is 10.0. The van der Waals surface area contributed by atoms with Gasteiger partial charge < -0.3 is 9.73 Å². The van der Waals surface area contributed by atoms with Crippen molar-refractivity contribution in [2.75, 3.05) is 0 Å². The van der Waals surface area contributed by atoms with Gasteiger partial charge in [0.25, 0.3) is 5.91 Å². The van der Waals surface area contributed by atoms with E-state index in [1.807, 2.05) is 6.92 Å². The molecule has 3 heteroatoms. The average Bonchev–Trinajstić information content (AvgIpc) is 2.69. The number of carbonyl (C=O) groups is 1. The summed E-state index contributed by atoms with van der Waals surface area (Å²) in [5.74, 6) is 0.719. The predicted molar refractivity (Wildman–Crippen MR) is 55.1 cm³/mol. The van der Waals surface area contributed by atoms with Gasteiger partial charge >= 0.3 is 0 Å². The molecule has 1 heterocycles. The van der Waals surface area contributed by atoms with Crippen LogP contribution < -0.4 is 5.32 Å². The molecule has 0 radical (unpaired) electrons. The molecule has 0 saturated carbocycles. The maximum absolute atomic E-state index is 11.5. The topological polar surface area (TPSA) is 42.2 Å². The first-order chi connectivity index (χ1) is 6.65. The monoisotopic (exact) mass is 195 g/mol. The normalized spacial score (nSPS) is 14.8. The minimum absolute atomic E-state index is 0.136. The molecule has 2 atom stereocenters. The number of rotatable bonds is 4. The maximum atomic E-state index is 11.5. The molecular weight excluding hydrogens is 178 g/mol. The molecule has 0 spiro atoms. The van der Waals surface area contributed by atoms with Crippen molar-refractivity contribution >= 4 is 5.91 Å². The van der Waals surface area contributed by atoms with Crippen molar-refractivity contribution in [1.82, 2.24) is 5.32 Å². The highest BCUT2D eigenvalue weighted by Gasteiger charge is 2.15. The number of furan rings is 1. The summed E-state index contributed by atoms with van der Waals surface area (Å²) >= 11 is 0. The minimum atomic E-state index is -0.136. The summed E-state index contributed by atoms with van der Waals surface area (Å²) in [4.78, 5) is 11.5. The Morgan fingerprint density at radius 2 is 2.29 bits per heavy atom. The zero-order valence-electron chi connectivity index (χ0n) is 8.91. The van der Waals surface area contributed by atoms with Crippen LogP contribution in [0.5, 0.6) is 0 Å². The van der Waals surface area contributed by atoms with E-state index in [0.29, 0.717) is 11.7 Å². The quantitative estimate of drug-likeness (QED) is 0.801. The van der Waals surface area contributed by atoms with Gasteiger partial charge in [-0.3, -0.25) is 4.79 Å². The summed E-state index contributed by atoms with van der Waals surface area (Å²) in [6.07, 6.45) is 2.56. The summed E-state index contributed by atoms with van der Waals surface area (Å²) in [5.41, 5.74) is 0. The van der Waals surface area contributed by atoms with Crippen LogP contribution in [0.4, 0.5) is 0 Å². The van der Waals surface area contributed by atoms with Crippen LogP contribution >= 0.6 is 0 Å². The van der Waals surface area contributed by atoms with E-state index in [9.17, 15) is 4.79 Å². The van der Waals surface area contributed by atoms with E-state index >= 15 is 0 Å². The second-order valence-corrected chi connectivity index (χ2v) is 3.62. The highest BCUT2D eigenvalue weighted by Crippen LogP contribution is 2.08. The van der Waals surface area contributed by atoms with Crippen molar-refractivity contribution in [3.05, 3.63) is 24.2 Å². The molecular formula is C11H17NO2. The SMILES string of the molecule is CCC(C)C(C)NC(=O)c1ccco1. The summed E-state index contributed by atoms with van der Waals surface area (Å²) in [5, 5.41) is 2.90. The molecule has 0 fully saturated rings. The third kappa shape index (κ3) is 2.62. The summed E-state index contributed by atoms with van der Waals surface area (Å²) in [6.45, 7) is 6.24. The highest BCUT2D eigenvalue weighted by molar-refractivity contribution is 5.91. The van der Waals surface area contributed by atoms with E-state index in [2.05, 4.69) is 19.2 Å². The number of amides is 1. The van der Waals surface area contributed by atoms with E-state index in [-0.39, 0.29) is 11.9 Å². The summed E-state index contributed by atoms with van der Waals surface area (Å²) in [7, 11) is 0. The van der Waals surface area contributed by atoms with E-state index in [1.165, 1.54) is 6.26 Å². The first-order valence-corrected chi connectivity index (χ1v) is 4.99. The van der Waals surface area contributed by atoms with E-state index in [4.69, 9.17) is 4.42 Å². The van der Waals surface area contributed by atoms with Crippen LogP contribution in [0.15, 0.2) is 22.8 Å². The average molecular weight is 195 g/mol. The Labute approximate surface area is 84.5 Å². The van der Waals surface area contributed by atoms with E-state index < -0.39 is 0 Å². The summed E-state index contributed by atoms with van der Waals surface area (Å²) in [6, 6.07) is 3.55. The standard InChI is InChI=1S/C11H17NO2/c1-4-8(2)9(3)12-11(13)10-6-5-7-14-10/h5-9H,4H2,1-3H3,(H,12,13). The summed E-state index contributed by atoms with van der Waals surface area (Å²) < 4.78 is 5.00. The molecule has 0 aromatic carbocycles. The van der Waals surface area contributed by atoms with Gasteiger partial charge in [-0.2, -0.15) is 0 Å². The molecule has 2 unspecified atom stereocenters. The van der Waals surface area contributed by atoms with Gasteiger partial charge in [0.1, 0.15) is 0 Å². The predicted octanol–water partition coefficient (Wildman–Crippen LogP) is 2.44. The van der Waals surface area contributed by atoms with Crippen molar-refractivity contribution in [1.29, 1.82) is 0 Å². The fourth-order valence-corrected chi connectivity index (χ4v) is 1.18. The Kier molecular flexibility index (Phi) is 3.74. The van der Waals surface area contributed by atoms with Gasteiger partial charge in [-0.15, -0.1) is 0 Å². The lowest BCUT2D eigenvalue weighted by Crippen LogP contribution is -2.36. The van der Waals surface area contributed by atoms with Crippen molar-refractivity contribution < 1.29 is 9.21 Å². The molecule has 78 valence electrons. The van der Waals surface area contributed by atoms with Gasteiger partial charge in [0.2, 0.25) is 0 Å². The third-order valence-electron chi connectivity index (χ3n) is 2.60. The van der Waals surface area contributed by atoms with Crippen molar-refractivity contribution in [2.24, 2.45) is 5.92 Å². The van der Waals surface area contributed by atoms with Gasteiger partial charge in [-0.1, -0.05) is 20.3 Å². The molecule has 1 N–H and O–H groups in total. The van der Waals surface area contributed by atoms with Crippen molar-refractivity contribution in [2.45, 2.75) is 33.2 Å². The molecule has 0 saturated heterocycles. The van der Waals surface area contributed by atoms with Crippen LogP contribution in [-0.2, 0) is 0 Å². The van der Waals surface area contributed by atoms with Crippen LogP contribution in [-0.4, -0.2) is 11.9 Å². The molecule has 3 nitrogen and oxygen atoms in total. The van der Waals surface area contributed by atoms with Crippen LogP contribution in [0.25, 0.3) is 0 Å². The van der Waals surface area contributed by atoms with Crippen molar-refractivity contribution in [3.63, 3.8) is 0 Å². The van der Waals surface area contributed by atoms with Gasteiger partial charge in [0.05, 0.1) is 6.26 Å². The zero-order valence-corrected chi connectivity index (χ0v) is 8.91. The molecule has 0 aliphatic rings. The molecule has 0 aliphatic carbocycles. The largest absolute Gasteiger partial charge is 0.459 e. The van der Waals surface area contributed by atoms with Crippen LogP contribution in [0.3, 0.4) is 0 Å². The van der Waals surface area contributed by atoms with Crippen LogP contribution in [0.2, 0.25) is 0 Å². The van der Waals surface area contributed by atoms with Gasteiger partial charge in [-0.25, -0.2) is 0 Å². The first kappa shape index (κ1) is 10.8. The Hall–Kier alpha value is -1.25. The number of hydrogen-bond donors (Lipinski definition) is 1. The molecule has 1 aromatic rings. The van der Waals surface area contributed by atoms with Gasteiger partial charge in [0, 0.05) is 6.04 Å². The second kappa shape index (κ2) is 4.84. The Morgan fingerprint density at radius 3 is 2.79 bits per heavy atom. The van der Waals surface area contributed by atoms with Gasteiger partial charge in [0.15, 0.2) is 5.76 Å². The molecule has 1 amide bonds. The third-order valence-corrected chi connectivity index (χ3v) is 2.60. The molecule has 14 heavy (non-hydrogen) atoms. The minimum Gasteiger partial charge on any atom is -0.459 e. The number of nitrogens with one attached hydrogen (secondary N) is 1. The smallest absolute Gasteiger partial charge is 0.287 e. The fourth-order valence-electron chi connectivity index (χ4n) is 1.18. The fraction of sp³-hybridized carbons (Fsp3) is 0.545. The second-order valence-electron chi connectivity index (χ2n) is 3.62. The lowest BCUT2D eigenvalue weighted by molar-refractivity contribution is 0.0900. The maximum Gasteiger partial charge on any atom is 0.287 e. The van der Waals surface area contributed by atoms with Crippen molar-refractivity contribution in [3.8, 4) is 0 Å². The molecule has 1 rings (SSSR count). The molecule has 0 bridgehead atoms. The zero-order chi connectivity index (χ0) is 10.6. The highest BCUT2D eigenvalue weighted by atomic mass is 16.3. The van der Waals surface area contributed by atoms with E-state index in [0.717, 1.165) is 6.42 Å². The Balaban J connectivity index is 2.49. The molecule has 0 aliphatic heterocycles. The number of carbonyl (C=O) groups excluding carboxylic acids is 1.